The number of benzene rings is 3. The van der Waals surface area contributed by atoms with Crippen LogP contribution in [-0.2, 0) is 17.9 Å². The van der Waals surface area contributed by atoms with Gasteiger partial charge < -0.3 is 5.32 Å². The number of aryl methyl sites for hydroxylation is 1. The van der Waals surface area contributed by atoms with Gasteiger partial charge in [0.1, 0.15) is 11.6 Å². The van der Waals surface area contributed by atoms with Gasteiger partial charge in [-0.15, -0.1) is 11.3 Å². The van der Waals surface area contributed by atoms with Gasteiger partial charge in [0.25, 0.3) is 0 Å². The molecule has 5 aromatic rings. The van der Waals surface area contributed by atoms with Gasteiger partial charge in [0.15, 0.2) is 0 Å². The molecule has 0 spiro atoms. The van der Waals surface area contributed by atoms with E-state index < -0.39 is 0 Å². The van der Waals surface area contributed by atoms with Crippen molar-refractivity contribution in [2.75, 3.05) is 5.32 Å². The number of fused-ring (bicyclic) bond motifs is 2. The summed E-state index contributed by atoms with van der Waals surface area (Å²) in [5.74, 6) is -0.250. The lowest BCUT2D eigenvalue weighted by atomic mass is 10.2. The fraction of sp³-hybridized carbons (Fsp3) is 0.160. The Morgan fingerprint density at radius 3 is 2.41 bits per heavy atom. The Balaban J connectivity index is 1.46. The third-order valence-corrected chi connectivity index (χ3v) is 6.47. The number of nitrogens with one attached hydrogen (secondary N) is 1. The Morgan fingerprint density at radius 1 is 0.938 bits per heavy atom. The SMILES string of the molecule is CCCn1c(=O)n(CC(=O)Nc2ccccc2-c2nc3ccccc3s2)c2ccccc21. The summed E-state index contributed by atoms with van der Waals surface area (Å²) in [7, 11) is 0. The van der Waals surface area contributed by atoms with Crippen molar-refractivity contribution in [2.45, 2.75) is 26.4 Å². The summed E-state index contributed by atoms with van der Waals surface area (Å²) in [6, 6.07) is 23.2. The molecule has 0 fully saturated rings. The molecule has 2 aromatic heterocycles. The van der Waals surface area contributed by atoms with Gasteiger partial charge in [-0.05, 0) is 42.8 Å². The van der Waals surface area contributed by atoms with E-state index in [0.717, 1.165) is 38.2 Å². The third kappa shape index (κ3) is 3.61. The van der Waals surface area contributed by atoms with Crippen molar-refractivity contribution in [1.82, 2.24) is 14.1 Å². The second kappa shape index (κ2) is 8.43. The Kier molecular flexibility index (Phi) is 5.33. The molecule has 0 unspecified atom stereocenters. The molecule has 0 saturated carbocycles. The molecule has 2 heterocycles. The van der Waals surface area contributed by atoms with Gasteiger partial charge in [-0.1, -0.05) is 43.3 Å². The van der Waals surface area contributed by atoms with Crippen LogP contribution in [-0.4, -0.2) is 20.0 Å². The molecule has 0 aliphatic carbocycles. The molecule has 0 aliphatic heterocycles. The number of hydrogen-bond donors (Lipinski definition) is 1. The third-order valence-electron chi connectivity index (χ3n) is 5.40. The van der Waals surface area contributed by atoms with Crippen LogP contribution in [0.15, 0.2) is 77.6 Å². The highest BCUT2D eigenvalue weighted by molar-refractivity contribution is 7.21. The summed E-state index contributed by atoms with van der Waals surface area (Å²) in [6.45, 7) is 2.60. The summed E-state index contributed by atoms with van der Waals surface area (Å²) in [6.07, 6.45) is 0.843. The summed E-state index contributed by atoms with van der Waals surface area (Å²) in [5.41, 5.74) is 3.93. The number of hydrogen-bond acceptors (Lipinski definition) is 4. The molecular formula is C25H22N4O2S. The summed E-state index contributed by atoms with van der Waals surface area (Å²) < 4.78 is 4.37. The van der Waals surface area contributed by atoms with Crippen molar-refractivity contribution in [3.05, 3.63) is 83.3 Å². The monoisotopic (exact) mass is 442 g/mol. The lowest BCUT2D eigenvalue weighted by Gasteiger charge is -2.10. The fourth-order valence-electron chi connectivity index (χ4n) is 3.96. The lowest BCUT2D eigenvalue weighted by molar-refractivity contribution is -0.116. The van der Waals surface area contributed by atoms with Crippen molar-refractivity contribution in [3.63, 3.8) is 0 Å². The molecule has 0 bridgehead atoms. The number of amides is 1. The zero-order valence-electron chi connectivity index (χ0n) is 17.6. The first kappa shape index (κ1) is 20.2. The maximum absolute atomic E-state index is 13.0. The Bertz CT molecular complexity index is 1460. The highest BCUT2D eigenvalue weighted by Gasteiger charge is 2.17. The van der Waals surface area contributed by atoms with E-state index in [1.54, 1.807) is 20.5 Å². The van der Waals surface area contributed by atoms with Crippen molar-refractivity contribution < 1.29 is 4.79 Å². The van der Waals surface area contributed by atoms with Crippen molar-refractivity contribution in [2.24, 2.45) is 0 Å². The van der Waals surface area contributed by atoms with Gasteiger partial charge in [0, 0.05) is 12.1 Å². The first-order chi connectivity index (χ1) is 15.7. The standard InChI is InChI=1S/C25H22N4O2S/c1-2-15-28-20-12-6-7-13-21(20)29(25(28)31)16-23(30)26-18-10-4-3-9-17(18)24-27-19-11-5-8-14-22(19)32-24/h3-14H,2,15-16H2,1H3,(H,26,30). The van der Waals surface area contributed by atoms with E-state index in [1.165, 1.54) is 0 Å². The number of carbonyl (C=O) groups is 1. The van der Waals surface area contributed by atoms with Gasteiger partial charge in [-0.25, -0.2) is 9.78 Å². The molecule has 1 N–H and O–H groups in total. The molecule has 7 heteroatoms. The van der Waals surface area contributed by atoms with Crippen LogP contribution in [0, 0.1) is 0 Å². The summed E-state index contributed by atoms with van der Waals surface area (Å²) in [4.78, 5) is 30.7. The molecule has 32 heavy (non-hydrogen) atoms. The maximum atomic E-state index is 13.0. The number of para-hydroxylation sites is 4. The molecule has 0 radical (unpaired) electrons. The topological polar surface area (TPSA) is 68.9 Å². The van der Waals surface area contributed by atoms with Crippen molar-refractivity contribution >= 4 is 44.2 Å². The van der Waals surface area contributed by atoms with Crippen LogP contribution in [0.2, 0.25) is 0 Å². The molecular weight excluding hydrogens is 420 g/mol. The Morgan fingerprint density at radius 2 is 1.62 bits per heavy atom. The molecule has 0 atom stereocenters. The van der Waals surface area contributed by atoms with E-state index >= 15 is 0 Å². The predicted molar refractivity (Wildman–Crippen MR) is 130 cm³/mol. The van der Waals surface area contributed by atoms with Gasteiger partial charge in [0.2, 0.25) is 5.91 Å². The minimum Gasteiger partial charge on any atom is -0.324 e. The van der Waals surface area contributed by atoms with Crippen LogP contribution in [0.4, 0.5) is 5.69 Å². The number of thiazole rings is 1. The molecule has 6 nitrogen and oxygen atoms in total. The zero-order chi connectivity index (χ0) is 22.1. The second-order valence-electron chi connectivity index (χ2n) is 7.59. The first-order valence-electron chi connectivity index (χ1n) is 10.6. The number of imidazole rings is 1. The summed E-state index contributed by atoms with van der Waals surface area (Å²) >= 11 is 1.59. The number of nitrogens with zero attached hydrogens (tertiary/aromatic N) is 3. The van der Waals surface area contributed by atoms with Crippen LogP contribution < -0.4 is 11.0 Å². The molecule has 0 aliphatic rings. The van der Waals surface area contributed by atoms with Gasteiger partial charge in [-0.3, -0.25) is 13.9 Å². The number of rotatable bonds is 6. The van der Waals surface area contributed by atoms with E-state index in [9.17, 15) is 9.59 Å². The quantitative estimate of drug-likeness (QED) is 0.396. The minimum atomic E-state index is -0.250. The Hall–Kier alpha value is -3.71. The number of anilines is 1. The minimum absolute atomic E-state index is 0.0513. The van der Waals surface area contributed by atoms with Crippen molar-refractivity contribution in [3.8, 4) is 10.6 Å². The van der Waals surface area contributed by atoms with E-state index in [0.29, 0.717) is 12.2 Å². The van der Waals surface area contributed by atoms with Gasteiger partial charge >= 0.3 is 5.69 Å². The number of aromatic nitrogens is 3. The maximum Gasteiger partial charge on any atom is 0.329 e. The number of carbonyl (C=O) groups excluding carboxylic acids is 1. The molecule has 1 amide bonds. The van der Waals surface area contributed by atoms with Crippen LogP contribution in [0.3, 0.4) is 0 Å². The molecule has 0 saturated heterocycles. The first-order valence-corrected chi connectivity index (χ1v) is 11.4. The van der Waals surface area contributed by atoms with E-state index in [-0.39, 0.29) is 18.1 Å². The van der Waals surface area contributed by atoms with Gasteiger partial charge in [0.05, 0.1) is 26.9 Å². The van der Waals surface area contributed by atoms with Crippen LogP contribution in [0.1, 0.15) is 13.3 Å². The predicted octanol–water partition coefficient (Wildman–Crippen LogP) is 5.13. The molecule has 5 rings (SSSR count). The fourth-order valence-corrected chi connectivity index (χ4v) is 4.97. The van der Waals surface area contributed by atoms with Gasteiger partial charge in [-0.2, -0.15) is 0 Å². The van der Waals surface area contributed by atoms with E-state index in [2.05, 4.69) is 5.32 Å². The summed E-state index contributed by atoms with van der Waals surface area (Å²) in [5, 5.41) is 3.84. The average molecular weight is 443 g/mol. The largest absolute Gasteiger partial charge is 0.329 e. The van der Waals surface area contributed by atoms with Crippen molar-refractivity contribution in [1.29, 1.82) is 0 Å². The van der Waals surface area contributed by atoms with Crippen LogP contribution in [0.25, 0.3) is 31.8 Å². The van der Waals surface area contributed by atoms with E-state index in [4.69, 9.17) is 4.98 Å². The highest BCUT2D eigenvalue weighted by atomic mass is 32.1. The molecule has 3 aromatic carbocycles. The average Bonchev–Trinajstić information content (AvgIpc) is 3.35. The van der Waals surface area contributed by atoms with E-state index in [1.807, 2.05) is 79.7 Å². The highest BCUT2D eigenvalue weighted by Crippen LogP contribution is 2.34. The zero-order valence-corrected chi connectivity index (χ0v) is 18.4. The smallest absolute Gasteiger partial charge is 0.324 e. The van der Waals surface area contributed by atoms with Crippen LogP contribution >= 0.6 is 11.3 Å². The Labute approximate surface area is 188 Å². The second-order valence-corrected chi connectivity index (χ2v) is 8.62. The van der Waals surface area contributed by atoms with Crippen LogP contribution in [0.5, 0.6) is 0 Å². The molecule has 160 valence electrons. The normalized spacial score (nSPS) is 11.3. The lowest BCUT2D eigenvalue weighted by Crippen LogP contribution is -2.29.